The lowest BCUT2D eigenvalue weighted by Crippen LogP contribution is -2.47. The minimum absolute atomic E-state index is 0.000503. The predicted octanol–water partition coefficient (Wildman–Crippen LogP) is 5.55. The number of esters is 1. The number of benzene rings is 4. The Morgan fingerprint density at radius 2 is 1.55 bits per heavy atom. The topological polar surface area (TPSA) is 119 Å². The minimum atomic E-state index is -0.806. The predicted molar refractivity (Wildman–Crippen MR) is 193 cm³/mol. The zero-order chi connectivity index (χ0) is 35.6. The van der Waals surface area contributed by atoms with Crippen molar-refractivity contribution in [3.8, 4) is 11.1 Å². The molecular weight excluding hydrogens is 646 g/mol. The second-order valence-corrected chi connectivity index (χ2v) is 13.1. The van der Waals surface area contributed by atoms with E-state index >= 15 is 0 Å². The maximum Gasteiger partial charge on any atom is 0.328 e. The van der Waals surface area contributed by atoms with Crippen LogP contribution in [0.4, 0.5) is 4.79 Å². The van der Waals surface area contributed by atoms with Gasteiger partial charge >= 0.3 is 12.0 Å². The second-order valence-electron chi connectivity index (χ2n) is 13.1. The number of aliphatic hydroxyl groups excluding tert-OH is 1. The highest BCUT2D eigenvalue weighted by atomic mass is 16.7. The molecule has 3 N–H and O–H groups in total. The average molecular weight is 694 g/mol. The van der Waals surface area contributed by atoms with Gasteiger partial charge in [0.25, 0.3) is 0 Å². The highest BCUT2D eigenvalue weighted by molar-refractivity contribution is 5.83. The van der Waals surface area contributed by atoms with Gasteiger partial charge in [0.15, 0.2) is 6.29 Å². The molecule has 0 radical (unpaired) electrons. The van der Waals surface area contributed by atoms with Crippen molar-refractivity contribution in [1.82, 2.24) is 15.5 Å². The highest BCUT2D eigenvalue weighted by Gasteiger charge is 2.39. The van der Waals surface area contributed by atoms with Crippen molar-refractivity contribution in [3.63, 3.8) is 0 Å². The molecule has 4 aromatic rings. The van der Waals surface area contributed by atoms with Gasteiger partial charge in [0.05, 0.1) is 39.1 Å². The van der Waals surface area contributed by atoms with Crippen LogP contribution in [-0.4, -0.2) is 74.1 Å². The molecule has 0 aromatic heterocycles. The fourth-order valence-electron chi connectivity index (χ4n) is 6.64. The van der Waals surface area contributed by atoms with Gasteiger partial charge in [0.1, 0.15) is 6.04 Å². The number of amides is 2. The lowest BCUT2D eigenvalue weighted by molar-refractivity contribution is -0.277. The molecule has 2 saturated heterocycles. The third kappa shape index (κ3) is 9.61. The van der Waals surface area contributed by atoms with E-state index in [2.05, 4.69) is 34.6 Å². The SMILES string of the molecule is COC(=O)[C@H](Cc1ccccc1)NC(=O)NCc1cccc(-c2ccc([C@H]3O[C@@H](CN4CCOCC4)[C@@H](C)[C@@H](c4ccc(CO)cc4)O3)cc2)c1. The number of carbonyl (C=O) groups excluding carboxylic acids is 2. The smallest absolute Gasteiger partial charge is 0.328 e. The minimum Gasteiger partial charge on any atom is -0.467 e. The maximum atomic E-state index is 12.8. The van der Waals surface area contributed by atoms with E-state index in [1.807, 2.05) is 91.0 Å². The molecule has 0 unspecified atom stereocenters. The third-order valence-corrected chi connectivity index (χ3v) is 9.64. The first-order chi connectivity index (χ1) is 24.9. The van der Waals surface area contributed by atoms with Crippen LogP contribution in [0, 0.1) is 5.92 Å². The van der Waals surface area contributed by atoms with Gasteiger partial charge in [-0.15, -0.1) is 0 Å². The van der Waals surface area contributed by atoms with Gasteiger partial charge in [-0.1, -0.05) is 104 Å². The van der Waals surface area contributed by atoms with Gasteiger partial charge in [-0.3, -0.25) is 4.90 Å². The van der Waals surface area contributed by atoms with E-state index in [0.717, 1.165) is 71.8 Å². The van der Waals surface area contributed by atoms with Crippen molar-refractivity contribution in [2.75, 3.05) is 40.0 Å². The summed E-state index contributed by atoms with van der Waals surface area (Å²) in [5, 5.41) is 15.2. The standard InChI is InChI=1S/C41H47N3O7/c1-28-37(26-44-19-21-49-22-20-44)50-40(51-38(28)33-13-11-30(27-45)12-14-33)34-17-15-32(16-18-34)35-10-6-9-31(23-35)25-42-41(47)43-36(39(46)48-2)24-29-7-4-3-5-8-29/h3-18,23,28,36-38,40,45H,19-22,24-27H2,1-2H3,(H2,42,43,47)/t28-,36+,37+,38+,40+/m1/s1. The number of rotatable bonds is 12. The monoisotopic (exact) mass is 693 g/mol. The maximum absolute atomic E-state index is 12.8. The van der Waals surface area contributed by atoms with Crippen LogP contribution >= 0.6 is 0 Å². The van der Waals surface area contributed by atoms with Crippen LogP contribution in [0.15, 0.2) is 103 Å². The van der Waals surface area contributed by atoms with Crippen LogP contribution in [0.2, 0.25) is 0 Å². The summed E-state index contributed by atoms with van der Waals surface area (Å²) >= 11 is 0. The Hall–Kier alpha value is -4.58. The first-order valence-electron chi connectivity index (χ1n) is 17.6. The number of nitrogens with zero attached hydrogens (tertiary/aromatic N) is 1. The van der Waals surface area contributed by atoms with Crippen molar-refractivity contribution in [2.45, 2.75) is 51.0 Å². The van der Waals surface area contributed by atoms with Gasteiger partial charge < -0.3 is 34.7 Å². The Kier molecular flexibility index (Phi) is 12.5. The Labute approximate surface area is 299 Å². The lowest BCUT2D eigenvalue weighted by Gasteiger charge is -2.43. The van der Waals surface area contributed by atoms with Gasteiger partial charge in [-0.2, -0.15) is 0 Å². The molecule has 2 fully saturated rings. The van der Waals surface area contributed by atoms with Crippen LogP contribution in [0.1, 0.15) is 47.1 Å². The van der Waals surface area contributed by atoms with E-state index in [0.29, 0.717) is 6.42 Å². The van der Waals surface area contributed by atoms with E-state index in [9.17, 15) is 14.7 Å². The number of morpholine rings is 1. The quantitative estimate of drug-likeness (QED) is 0.165. The molecular formula is C41H47N3O7. The number of ether oxygens (including phenoxy) is 4. The summed E-state index contributed by atoms with van der Waals surface area (Å²) in [7, 11) is 1.31. The van der Waals surface area contributed by atoms with E-state index in [4.69, 9.17) is 18.9 Å². The van der Waals surface area contributed by atoms with Gasteiger partial charge in [-0.25, -0.2) is 9.59 Å². The number of urea groups is 1. The molecule has 6 rings (SSSR count). The molecule has 0 aliphatic carbocycles. The number of methoxy groups -OCH3 is 1. The highest BCUT2D eigenvalue weighted by Crippen LogP contribution is 2.42. The molecule has 51 heavy (non-hydrogen) atoms. The summed E-state index contributed by atoms with van der Waals surface area (Å²) < 4.78 is 23.8. The molecule has 2 aliphatic heterocycles. The number of aliphatic hydroxyl groups is 1. The van der Waals surface area contributed by atoms with Crippen molar-refractivity contribution < 1.29 is 33.6 Å². The Morgan fingerprint density at radius 3 is 2.25 bits per heavy atom. The van der Waals surface area contributed by atoms with E-state index in [1.165, 1.54) is 7.11 Å². The fraction of sp³-hybridized carbons (Fsp3) is 0.366. The van der Waals surface area contributed by atoms with E-state index < -0.39 is 24.3 Å². The first-order valence-corrected chi connectivity index (χ1v) is 17.6. The third-order valence-electron chi connectivity index (χ3n) is 9.64. The first kappa shape index (κ1) is 36.2. The number of hydrogen-bond acceptors (Lipinski definition) is 8. The van der Waals surface area contributed by atoms with Crippen molar-refractivity contribution in [2.24, 2.45) is 5.92 Å². The summed E-state index contributed by atoms with van der Waals surface area (Å²) in [6, 6.07) is 32.4. The summed E-state index contributed by atoms with van der Waals surface area (Å²) in [6.07, 6.45) is -0.444. The lowest BCUT2D eigenvalue weighted by atomic mass is 9.90. The molecule has 2 aliphatic rings. The molecule has 4 aromatic carbocycles. The van der Waals surface area contributed by atoms with E-state index in [-0.39, 0.29) is 31.3 Å². The molecule has 0 saturated carbocycles. The van der Waals surface area contributed by atoms with Crippen molar-refractivity contribution >= 4 is 12.0 Å². The summed E-state index contributed by atoms with van der Waals surface area (Å²) in [5.74, 6) is -0.394. The molecule has 0 bridgehead atoms. The molecule has 0 spiro atoms. The summed E-state index contributed by atoms with van der Waals surface area (Å²) in [4.78, 5) is 27.6. The van der Waals surface area contributed by atoms with Crippen molar-refractivity contribution in [3.05, 3.63) is 131 Å². The number of hydrogen-bond donors (Lipinski definition) is 3. The van der Waals surface area contributed by atoms with Gasteiger partial charge in [0, 0.05) is 44.1 Å². The molecule has 268 valence electrons. The van der Waals surface area contributed by atoms with Crippen LogP contribution in [-0.2, 0) is 43.3 Å². The Morgan fingerprint density at radius 1 is 0.843 bits per heavy atom. The Balaban J connectivity index is 1.11. The zero-order valence-electron chi connectivity index (χ0n) is 29.2. The fourth-order valence-corrected chi connectivity index (χ4v) is 6.64. The van der Waals surface area contributed by atoms with Crippen LogP contribution in [0.25, 0.3) is 11.1 Å². The number of nitrogens with one attached hydrogen (secondary N) is 2. The molecule has 10 nitrogen and oxygen atoms in total. The van der Waals surface area contributed by atoms with E-state index in [1.54, 1.807) is 0 Å². The second kappa shape index (κ2) is 17.6. The summed E-state index contributed by atoms with van der Waals surface area (Å²) in [5.41, 5.74) is 6.72. The van der Waals surface area contributed by atoms with Crippen LogP contribution in [0.5, 0.6) is 0 Å². The molecule has 5 atom stereocenters. The molecule has 2 heterocycles. The number of carbonyl (C=O) groups is 2. The van der Waals surface area contributed by atoms with Crippen LogP contribution in [0.3, 0.4) is 0 Å². The van der Waals surface area contributed by atoms with Gasteiger partial charge in [0.2, 0.25) is 0 Å². The zero-order valence-corrected chi connectivity index (χ0v) is 29.2. The molecule has 2 amide bonds. The summed E-state index contributed by atoms with van der Waals surface area (Å²) in [6.45, 7) is 6.47. The Bertz CT molecular complexity index is 1710. The average Bonchev–Trinajstić information content (AvgIpc) is 3.18. The van der Waals surface area contributed by atoms with Crippen LogP contribution < -0.4 is 10.6 Å². The largest absolute Gasteiger partial charge is 0.467 e. The molecule has 10 heteroatoms. The normalized spacial score (nSPS) is 21.4. The van der Waals surface area contributed by atoms with Gasteiger partial charge in [-0.05, 0) is 39.4 Å². The van der Waals surface area contributed by atoms with Crippen molar-refractivity contribution in [1.29, 1.82) is 0 Å².